The SMILES string of the molecule is CCOC(=O)c1c(N)[nH]c2cc(F)cc(C)c12. The molecule has 2 rings (SSSR count). The number of esters is 1. The Balaban J connectivity index is 2.71. The van der Waals surface area contributed by atoms with Crippen LogP contribution < -0.4 is 5.73 Å². The molecule has 0 aliphatic rings. The summed E-state index contributed by atoms with van der Waals surface area (Å²) in [5.74, 6) is -0.662. The highest BCUT2D eigenvalue weighted by atomic mass is 19.1. The first-order valence-corrected chi connectivity index (χ1v) is 5.29. The minimum absolute atomic E-state index is 0.201. The molecule has 1 aromatic heterocycles. The van der Waals surface area contributed by atoms with Gasteiger partial charge in [0.2, 0.25) is 0 Å². The maximum Gasteiger partial charge on any atom is 0.342 e. The number of nitrogen functional groups attached to an aromatic ring is 1. The molecule has 0 spiro atoms. The zero-order valence-electron chi connectivity index (χ0n) is 9.63. The fraction of sp³-hybridized carbons (Fsp3) is 0.250. The Hall–Kier alpha value is -2.04. The number of anilines is 1. The second-order valence-electron chi connectivity index (χ2n) is 3.78. The first kappa shape index (κ1) is 11.4. The normalized spacial score (nSPS) is 10.8. The lowest BCUT2D eigenvalue weighted by atomic mass is 10.1. The van der Waals surface area contributed by atoms with Crippen molar-refractivity contribution in [3.05, 3.63) is 29.1 Å². The molecule has 0 atom stereocenters. The molecular formula is C12H13FN2O2. The van der Waals surface area contributed by atoms with Crippen LogP contribution in [0.4, 0.5) is 10.2 Å². The van der Waals surface area contributed by atoms with Crippen molar-refractivity contribution in [1.82, 2.24) is 4.98 Å². The van der Waals surface area contributed by atoms with E-state index in [4.69, 9.17) is 10.5 Å². The topological polar surface area (TPSA) is 68.1 Å². The molecule has 0 aliphatic heterocycles. The number of H-pyrrole nitrogens is 1. The number of benzene rings is 1. The number of nitrogens with one attached hydrogen (secondary N) is 1. The quantitative estimate of drug-likeness (QED) is 0.786. The number of hydrogen-bond donors (Lipinski definition) is 2. The van der Waals surface area contributed by atoms with Gasteiger partial charge in [-0.1, -0.05) is 0 Å². The van der Waals surface area contributed by atoms with Crippen LogP contribution in [0.2, 0.25) is 0 Å². The van der Waals surface area contributed by atoms with Gasteiger partial charge >= 0.3 is 5.97 Å². The molecular weight excluding hydrogens is 223 g/mol. The minimum Gasteiger partial charge on any atom is -0.462 e. The van der Waals surface area contributed by atoms with Gasteiger partial charge in [-0.05, 0) is 31.5 Å². The number of ether oxygens (including phenoxy) is 1. The van der Waals surface area contributed by atoms with Gasteiger partial charge in [-0.15, -0.1) is 0 Å². The molecule has 0 saturated heterocycles. The molecule has 2 aromatic rings. The maximum absolute atomic E-state index is 13.2. The van der Waals surface area contributed by atoms with E-state index in [2.05, 4.69) is 4.98 Å². The van der Waals surface area contributed by atoms with Gasteiger partial charge in [0.25, 0.3) is 0 Å². The van der Waals surface area contributed by atoms with Gasteiger partial charge in [-0.2, -0.15) is 0 Å². The standard InChI is InChI=1S/C12H13FN2O2/c1-3-17-12(16)10-9-6(2)4-7(13)5-8(9)15-11(10)14/h4-5,15H,3,14H2,1-2H3. The summed E-state index contributed by atoms with van der Waals surface area (Å²) >= 11 is 0. The number of carbonyl (C=O) groups is 1. The van der Waals surface area contributed by atoms with E-state index in [1.807, 2.05) is 0 Å². The zero-order valence-corrected chi connectivity index (χ0v) is 9.63. The summed E-state index contributed by atoms with van der Waals surface area (Å²) in [5.41, 5.74) is 7.15. The summed E-state index contributed by atoms with van der Waals surface area (Å²) < 4.78 is 18.1. The van der Waals surface area contributed by atoms with Crippen LogP contribution in [0.1, 0.15) is 22.8 Å². The summed E-state index contributed by atoms with van der Waals surface area (Å²) in [7, 11) is 0. The third kappa shape index (κ3) is 1.84. The Labute approximate surface area is 97.6 Å². The van der Waals surface area contributed by atoms with Crippen LogP contribution in [-0.4, -0.2) is 17.6 Å². The van der Waals surface area contributed by atoms with E-state index < -0.39 is 5.97 Å². The Morgan fingerprint density at radius 3 is 2.88 bits per heavy atom. The van der Waals surface area contributed by atoms with E-state index in [0.717, 1.165) is 0 Å². The van der Waals surface area contributed by atoms with Crippen molar-refractivity contribution >= 4 is 22.7 Å². The van der Waals surface area contributed by atoms with Gasteiger partial charge in [-0.25, -0.2) is 9.18 Å². The van der Waals surface area contributed by atoms with Gasteiger partial charge in [0.15, 0.2) is 0 Å². The molecule has 0 bridgehead atoms. The minimum atomic E-state index is -0.494. The van der Waals surface area contributed by atoms with E-state index in [1.54, 1.807) is 13.8 Å². The molecule has 0 aliphatic carbocycles. The van der Waals surface area contributed by atoms with Crippen molar-refractivity contribution in [3.63, 3.8) is 0 Å². The summed E-state index contributed by atoms with van der Waals surface area (Å²) in [6.07, 6.45) is 0. The molecule has 3 N–H and O–H groups in total. The number of carbonyl (C=O) groups excluding carboxylic acids is 1. The third-order valence-electron chi connectivity index (χ3n) is 2.57. The predicted octanol–water partition coefficient (Wildman–Crippen LogP) is 2.37. The average Bonchev–Trinajstić information content (AvgIpc) is 2.54. The molecule has 90 valence electrons. The molecule has 0 radical (unpaired) electrons. The predicted molar refractivity (Wildman–Crippen MR) is 63.4 cm³/mol. The number of hydrogen-bond acceptors (Lipinski definition) is 3. The van der Waals surface area contributed by atoms with E-state index in [1.165, 1.54) is 12.1 Å². The largest absolute Gasteiger partial charge is 0.462 e. The van der Waals surface area contributed by atoms with Crippen LogP contribution in [0.15, 0.2) is 12.1 Å². The molecule has 17 heavy (non-hydrogen) atoms. The zero-order chi connectivity index (χ0) is 12.6. The van der Waals surface area contributed by atoms with Crippen molar-refractivity contribution in [2.24, 2.45) is 0 Å². The van der Waals surface area contributed by atoms with Crippen molar-refractivity contribution in [2.45, 2.75) is 13.8 Å². The van der Waals surface area contributed by atoms with Gasteiger partial charge < -0.3 is 15.5 Å². The lowest BCUT2D eigenvalue weighted by Gasteiger charge is -2.03. The molecule has 4 nitrogen and oxygen atoms in total. The third-order valence-corrected chi connectivity index (χ3v) is 2.57. The van der Waals surface area contributed by atoms with E-state index in [9.17, 15) is 9.18 Å². The monoisotopic (exact) mass is 236 g/mol. The molecule has 0 amide bonds. The van der Waals surface area contributed by atoms with Crippen LogP contribution in [-0.2, 0) is 4.74 Å². The number of fused-ring (bicyclic) bond motifs is 1. The van der Waals surface area contributed by atoms with Gasteiger partial charge in [-0.3, -0.25) is 0 Å². The van der Waals surface area contributed by atoms with Gasteiger partial charge in [0, 0.05) is 5.39 Å². The fourth-order valence-electron chi connectivity index (χ4n) is 1.93. The average molecular weight is 236 g/mol. The Morgan fingerprint density at radius 2 is 2.24 bits per heavy atom. The molecule has 0 unspecified atom stereocenters. The Bertz CT molecular complexity index is 590. The number of aryl methyl sites for hydroxylation is 1. The number of nitrogens with two attached hydrogens (primary N) is 1. The fourth-order valence-corrected chi connectivity index (χ4v) is 1.93. The van der Waals surface area contributed by atoms with E-state index in [0.29, 0.717) is 16.5 Å². The summed E-state index contributed by atoms with van der Waals surface area (Å²) in [4.78, 5) is 14.5. The number of aromatic amines is 1. The summed E-state index contributed by atoms with van der Waals surface area (Å²) in [6, 6.07) is 2.67. The van der Waals surface area contributed by atoms with Crippen LogP contribution in [0, 0.1) is 12.7 Å². The number of aromatic nitrogens is 1. The van der Waals surface area contributed by atoms with Crippen LogP contribution >= 0.6 is 0 Å². The van der Waals surface area contributed by atoms with Crippen LogP contribution in [0.3, 0.4) is 0 Å². The second kappa shape index (κ2) is 4.08. The first-order chi connectivity index (χ1) is 8.04. The molecule has 1 heterocycles. The lowest BCUT2D eigenvalue weighted by molar-refractivity contribution is 0.0530. The highest BCUT2D eigenvalue weighted by Gasteiger charge is 2.19. The number of halogens is 1. The first-order valence-electron chi connectivity index (χ1n) is 5.29. The van der Waals surface area contributed by atoms with Crippen molar-refractivity contribution in [2.75, 3.05) is 12.3 Å². The second-order valence-corrected chi connectivity index (χ2v) is 3.78. The van der Waals surface area contributed by atoms with Crippen LogP contribution in [0.5, 0.6) is 0 Å². The summed E-state index contributed by atoms with van der Waals surface area (Å²) in [6.45, 7) is 3.71. The van der Waals surface area contributed by atoms with Crippen molar-refractivity contribution in [3.8, 4) is 0 Å². The van der Waals surface area contributed by atoms with Crippen LogP contribution in [0.25, 0.3) is 10.9 Å². The van der Waals surface area contributed by atoms with E-state index >= 15 is 0 Å². The Kier molecular flexibility index (Phi) is 2.75. The van der Waals surface area contributed by atoms with Crippen molar-refractivity contribution < 1.29 is 13.9 Å². The van der Waals surface area contributed by atoms with E-state index in [-0.39, 0.29) is 23.8 Å². The van der Waals surface area contributed by atoms with Gasteiger partial charge in [0.1, 0.15) is 17.2 Å². The highest BCUT2D eigenvalue weighted by Crippen LogP contribution is 2.28. The summed E-state index contributed by atoms with van der Waals surface area (Å²) in [5, 5.41) is 0.613. The molecule has 5 heteroatoms. The maximum atomic E-state index is 13.2. The number of rotatable bonds is 2. The molecule has 1 aromatic carbocycles. The van der Waals surface area contributed by atoms with Crippen molar-refractivity contribution in [1.29, 1.82) is 0 Å². The Morgan fingerprint density at radius 1 is 1.53 bits per heavy atom. The highest BCUT2D eigenvalue weighted by molar-refractivity contribution is 6.10. The lowest BCUT2D eigenvalue weighted by Crippen LogP contribution is -2.07. The van der Waals surface area contributed by atoms with Gasteiger partial charge in [0.05, 0.1) is 12.1 Å². The smallest absolute Gasteiger partial charge is 0.342 e. The molecule has 0 saturated carbocycles. The molecule has 0 fully saturated rings.